The van der Waals surface area contributed by atoms with E-state index in [4.69, 9.17) is 0 Å². The Kier molecular flexibility index (Phi) is 4.83. The lowest BCUT2D eigenvalue weighted by Gasteiger charge is -2.21. The maximum Gasteiger partial charge on any atom is 0.246 e. The summed E-state index contributed by atoms with van der Waals surface area (Å²) in [5.41, 5.74) is 0.296. The molecular formula is C14H15BrFNO3S. The van der Waals surface area contributed by atoms with Crippen LogP contribution in [-0.2, 0) is 14.6 Å². The van der Waals surface area contributed by atoms with Gasteiger partial charge in [-0.05, 0) is 30.7 Å². The van der Waals surface area contributed by atoms with E-state index in [1.165, 1.54) is 23.1 Å². The Labute approximate surface area is 131 Å². The van der Waals surface area contributed by atoms with Gasteiger partial charge >= 0.3 is 0 Å². The van der Waals surface area contributed by atoms with E-state index >= 15 is 0 Å². The van der Waals surface area contributed by atoms with Crippen LogP contribution in [0.15, 0.2) is 28.7 Å². The second-order valence-corrected chi connectivity index (χ2v) is 8.15. The molecule has 21 heavy (non-hydrogen) atoms. The van der Waals surface area contributed by atoms with E-state index in [1.807, 2.05) is 0 Å². The van der Waals surface area contributed by atoms with Crippen molar-refractivity contribution < 1.29 is 17.6 Å². The molecule has 1 amide bonds. The number of carbonyl (C=O) groups excluding carboxylic acids is 1. The molecule has 114 valence electrons. The Morgan fingerprint density at radius 2 is 2.19 bits per heavy atom. The Balaban J connectivity index is 2.07. The van der Waals surface area contributed by atoms with Gasteiger partial charge in [-0.1, -0.05) is 15.9 Å². The molecule has 0 N–H and O–H groups in total. The Bertz CT molecular complexity index is 687. The van der Waals surface area contributed by atoms with Gasteiger partial charge in [-0.15, -0.1) is 0 Å². The van der Waals surface area contributed by atoms with Crippen LogP contribution in [0.2, 0.25) is 0 Å². The molecule has 0 radical (unpaired) electrons. The standard InChI is InChI=1S/C14H15BrFNO3S/c1-17(12-6-7-21(19,20)9-12)14(18)5-2-10-8-11(15)3-4-13(10)16/h2-5,8,12H,6-7,9H2,1H3/b5-2+. The highest BCUT2D eigenvalue weighted by Gasteiger charge is 2.32. The molecule has 0 bridgehead atoms. The normalized spacial score (nSPS) is 20.8. The van der Waals surface area contributed by atoms with Crippen LogP contribution in [0.4, 0.5) is 4.39 Å². The lowest BCUT2D eigenvalue weighted by atomic mass is 10.2. The zero-order valence-electron chi connectivity index (χ0n) is 11.4. The zero-order valence-corrected chi connectivity index (χ0v) is 13.8. The fraction of sp³-hybridized carbons (Fsp3) is 0.357. The molecule has 2 rings (SSSR count). The van der Waals surface area contributed by atoms with E-state index < -0.39 is 15.7 Å². The molecule has 1 heterocycles. The first kappa shape index (κ1) is 16.2. The summed E-state index contributed by atoms with van der Waals surface area (Å²) in [7, 11) is -1.47. The lowest BCUT2D eigenvalue weighted by molar-refractivity contribution is -0.126. The highest BCUT2D eigenvalue weighted by Crippen LogP contribution is 2.19. The van der Waals surface area contributed by atoms with Crippen molar-refractivity contribution in [3.05, 3.63) is 40.1 Å². The molecule has 1 aliphatic rings. The highest BCUT2D eigenvalue weighted by molar-refractivity contribution is 9.10. The minimum Gasteiger partial charge on any atom is -0.338 e. The first-order valence-corrected chi connectivity index (χ1v) is 9.00. The van der Waals surface area contributed by atoms with Crippen molar-refractivity contribution in [1.29, 1.82) is 0 Å². The zero-order chi connectivity index (χ0) is 15.6. The maximum atomic E-state index is 13.5. The maximum absolute atomic E-state index is 13.5. The molecule has 0 aromatic heterocycles. The molecule has 1 aromatic carbocycles. The number of hydrogen-bond donors (Lipinski definition) is 0. The van der Waals surface area contributed by atoms with Gasteiger partial charge in [0.2, 0.25) is 5.91 Å². The lowest BCUT2D eigenvalue weighted by Crippen LogP contribution is -2.36. The van der Waals surface area contributed by atoms with E-state index in [0.717, 1.165) is 0 Å². The minimum atomic E-state index is -3.04. The molecule has 1 atom stereocenters. The van der Waals surface area contributed by atoms with Crippen molar-refractivity contribution in [3.8, 4) is 0 Å². The van der Waals surface area contributed by atoms with E-state index in [0.29, 0.717) is 16.5 Å². The summed E-state index contributed by atoms with van der Waals surface area (Å²) in [4.78, 5) is 13.4. The summed E-state index contributed by atoms with van der Waals surface area (Å²) < 4.78 is 37.1. The number of rotatable bonds is 3. The minimum absolute atomic E-state index is 0.00563. The number of benzene rings is 1. The van der Waals surface area contributed by atoms with Gasteiger partial charge in [-0.25, -0.2) is 12.8 Å². The van der Waals surface area contributed by atoms with E-state index in [9.17, 15) is 17.6 Å². The molecule has 0 spiro atoms. The third kappa shape index (κ3) is 4.14. The Morgan fingerprint density at radius 1 is 1.48 bits per heavy atom. The number of hydrogen-bond acceptors (Lipinski definition) is 3. The third-order valence-electron chi connectivity index (χ3n) is 3.47. The van der Waals surface area contributed by atoms with Gasteiger partial charge in [0.1, 0.15) is 5.82 Å². The molecule has 1 saturated heterocycles. The number of likely N-dealkylation sites (N-methyl/N-ethyl adjacent to an activating group) is 1. The van der Waals surface area contributed by atoms with Crippen LogP contribution in [0.25, 0.3) is 6.08 Å². The van der Waals surface area contributed by atoms with Crippen molar-refractivity contribution in [2.75, 3.05) is 18.6 Å². The van der Waals surface area contributed by atoms with Crippen molar-refractivity contribution in [3.63, 3.8) is 0 Å². The van der Waals surface area contributed by atoms with Gasteiger partial charge in [0.15, 0.2) is 9.84 Å². The van der Waals surface area contributed by atoms with Crippen LogP contribution in [0.5, 0.6) is 0 Å². The number of carbonyl (C=O) groups is 1. The van der Waals surface area contributed by atoms with Crippen LogP contribution in [0.1, 0.15) is 12.0 Å². The van der Waals surface area contributed by atoms with Gasteiger partial charge in [-0.3, -0.25) is 4.79 Å². The molecular weight excluding hydrogens is 361 g/mol. The SMILES string of the molecule is CN(C(=O)/C=C/c1cc(Br)ccc1F)C1CCS(=O)(=O)C1. The van der Waals surface area contributed by atoms with Crippen molar-refractivity contribution in [2.24, 2.45) is 0 Å². The fourth-order valence-electron chi connectivity index (χ4n) is 2.18. The number of halogens is 2. The van der Waals surface area contributed by atoms with Gasteiger partial charge in [0, 0.05) is 29.2 Å². The van der Waals surface area contributed by atoms with E-state index in [2.05, 4.69) is 15.9 Å². The van der Waals surface area contributed by atoms with Crippen LogP contribution in [0, 0.1) is 5.82 Å². The second-order valence-electron chi connectivity index (χ2n) is 5.01. The van der Waals surface area contributed by atoms with Crippen molar-refractivity contribution >= 4 is 37.8 Å². The first-order chi connectivity index (χ1) is 9.78. The topological polar surface area (TPSA) is 54.5 Å². The molecule has 1 aliphatic heterocycles. The molecule has 1 aromatic rings. The van der Waals surface area contributed by atoms with E-state index in [1.54, 1.807) is 19.2 Å². The summed E-state index contributed by atoms with van der Waals surface area (Å²) in [6.45, 7) is 0. The Hall–Kier alpha value is -1.21. The summed E-state index contributed by atoms with van der Waals surface area (Å²) in [6.07, 6.45) is 3.10. The third-order valence-corrected chi connectivity index (χ3v) is 5.71. The van der Waals surface area contributed by atoms with Crippen LogP contribution in [0.3, 0.4) is 0 Å². The largest absolute Gasteiger partial charge is 0.338 e. The fourth-order valence-corrected chi connectivity index (χ4v) is 4.33. The monoisotopic (exact) mass is 375 g/mol. The van der Waals surface area contributed by atoms with Gasteiger partial charge in [-0.2, -0.15) is 0 Å². The van der Waals surface area contributed by atoms with Crippen molar-refractivity contribution in [1.82, 2.24) is 4.90 Å². The summed E-state index contributed by atoms with van der Waals surface area (Å²) in [6, 6.07) is 4.14. The summed E-state index contributed by atoms with van der Waals surface area (Å²) in [5.74, 6) is -0.655. The molecule has 7 heteroatoms. The van der Waals surface area contributed by atoms with Crippen LogP contribution < -0.4 is 0 Å². The van der Waals surface area contributed by atoms with Gasteiger partial charge in [0.25, 0.3) is 0 Å². The summed E-state index contributed by atoms with van der Waals surface area (Å²) >= 11 is 3.24. The van der Waals surface area contributed by atoms with Crippen LogP contribution in [-0.4, -0.2) is 43.8 Å². The molecule has 1 unspecified atom stereocenters. The average Bonchev–Trinajstić information content (AvgIpc) is 2.79. The van der Waals surface area contributed by atoms with Crippen molar-refractivity contribution in [2.45, 2.75) is 12.5 Å². The average molecular weight is 376 g/mol. The smallest absolute Gasteiger partial charge is 0.246 e. The van der Waals surface area contributed by atoms with Crippen LogP contribution >= 0.6 is 15.9 Å². The first-order valence-electron chi connectivity index (χ1n) is 6.39. The quantitative estimate of drug-likeness (QED) is 0.761. The number of sulfone groups is 1. The predicted octanol–water partition coefficient (Wildman–Crippen LogP) is 2.25. The molecule has 1 fully saturated rings. The molecule has 4 nitrogen and oxygen atoms in total. The number of nitrogens with zero attached hydrogens (tertiary/aromatic N) is 1. The molecule has 0 saturated carbocycles. The van der Waals surface area contributed by atoms with E-state index in [-0.39, 0.29) is 23.5 Å². The Morgan fingerprint density at radius 3 is 2.81 bits per heavy atom. The molecule has 0 aliphatic carbocycles. The predicted molar refractivity (Wildman–Crippen MR) is 83.0 cm³/mol. The number of amides is 1. The summed E-state index contributed by atoms with van der Waals surface area (Å²) in [5, 5.41) is 0. The van der Waals surface area contributed by atoms with Gasteiger partial charge < -0.3 is 4.90 Å². The second kappa shape index (κ2) is 6.27. The van der Waals surface area contributed by atoms with Gasteiger partial charge in [0.05, 0.1) is 11.5 Å². The highest BCUT2D eigenvalue weighted by atomic mass is 79.9.